The third-order valence-corrected chi connectivity index (χ3v) is 5.35. The van der Waals surface area contributed by atoms with Crippen molar-refractivity contribution in [1.82, 2.24) is 5.32 Å². The SMILES string of the molecule is CCC1CNC(C)(C2CC2)CN1c1cc(Cl)ccc1C. The van der Waals surface area contributed by atoms with Gasteiger partial charge in [-0.25, -0.2) is 0 Å². The molecule has 2 aliphatic rings. The number of hydrogen-bond acceptors (Lipinski definition) is 2. The van der Waals surface area contributed by atoms with Gasteiger partial charge >= 0.3 is 0 Å². The molecule has 0 bridgehead atoms. The van der Waals surface area contributed by atoms with Crippen molar-refractivity contribution in [2.24, 2.45) is 5.92 Å². The molecule has 1 N–H and O–H groups in total. The van der Waals surface area contributed by atoms with Crippen LogP contribution < -0.4 is 10.2 Å². The summed E-state index contributed by atoms with van der Waals surface area (Å²) in [6.45, 7) is 9.03. The molecule has 2 fully saturated rings. The highest BCUT2D eigenvalue weighted by Gasteiger charge is 2.45. The monoisotopic (exact) mass is 292 g/mol. The summed E-state index contributed by atoms with van der Waals surface area (Å²) < 4.78 is 0. The lowest BCUT2D eigenvalue weighted by atomic mass is 9.89. The van der Waals surface area contributed by atoms with Gasteiger partial charge in [-0.05, 0) is 56.7 Å². The van der Waals surface area contributed by atoms with E-state index < -0.39 is 0 Å². The highest BCUT2D eigenvalue weighted by Crippen LogP contribution is 2.42. The van der Waals surface area contributed by atoms with E-state index in [-0.39, 0.29) is 5.54 Å². The van der Waals surface area contributed by atoms with Gasteiger partial charge in [-0.1, -0.05) is 24.6 Å². The second kappa shape index (κ2) is 5.23. The van der Waals surface area contributed by atoms with E-state index in [1.807, 2.05) is 6.07 Å². The van der Waals surface area contributed by atoms with Crippen molar-refractivity contribution in [3.63, 3.8) is 0 Å². The topological polar surface area (TPSA) is 15.3 Å². The number of rotatable bonds is 3. The van der Waals surface area contributed by atoms with E-state index in [0.717, 1.165) is 24.0 Å². The van der Waals surface area contributed by atoms with Crippen molar-refractivity contribution >= 4 is 17.3 Å². The molecule has 2 unspecified atom stereocenters. The fourth-order valence-corrected chi connectivity index (χ4v) is 3.70. The molecule has 0 amide bonds. The van der Waals surface area contributed by atoms with Crippen molar-refractivity contribution in [2.75, 3.05) is 18.0 Å². The van der Waals surface area contributed by atoms with E-state index >= 15 is 0 Å². The first kappa shape index (κ1) is 14.2. The molecule has 3 rings (SSSR count). The third-order valence-electron chi connectivity index (χ3n) is 5.11. The van der Waals surface area contributed by atoms with Crippen LogP contribution in [0.1, 0.15) is 38.7 Å². The number of nitrogens with one attached hydrogen (secondary N) is 1. The maximum Gasteiger partial charge on any atom is 0.0426 e. The summed E-state index contributed by atoms with van der Waals surface area (Å²) in [6, 6.07) is 6.84. The Morgan fingerprint density at radius 2 is 2.15 bits per heavy atom. The molecule has 2 atom stereocenters. The van der Waals surface area contributed by atoms with Crippen molar-refractivity contribution in [2.45, 2.75) is 51.6 Å². The summed E-state index contributed by atoms with van der Waals surface area (Å²) in [4.78, 5) is 2.59. The van der Waals surface area contributed by atoms with Crippen LogP contribution in [-0.2, 0) is 0 Å². The van der Waals surface area contributed by atoms with Gasteiger partial charge in [-0.15, -0.1) is 0 Å². The van der Waals surface area contributed by atoms with Gasteiger partial charge in [0.25, 0.3) is 0 Å². The lowest BCUT2D eigenvalue weighted by molar-refractivity contribution is 0.252. The van der Waals surface area contributed by atoms with E-state index in [1.165, 1.54) is 30.5 Å². The molecule has 20 heavy (non-hydrogen) atoms. The summed E-state index contributed by atoms with van der Waals surface area (Å²) in [5, 5.41) is 4.66. The fourth-order valence-electron chi connectivity index (χ4n) is 3.53. The van der Waals surface area contributed by atoms with E-state index in [1.54, 1.807) is 0 Å². The van der Waals surface area contributed by atoms with Crippen LogP contribution in [-0.4, -0.2) is 24.7 Å². The summed E-state index contributed by atoms with van der Waals surface area (Å²) >= 11 is 6.23. The normalized spacial score (nSPS) is 30.6. The Balaban J connectivity index is 1.92. The molecule has 0 radical (unpaired) electrons. The zero-order valence-electron chi connectivity index (χ0n) is 12.7. The first-order valence-corrected chi connectivity index (χ1v) is 8.19. The highest BCUT2D eigenvalue weighted by molar-refractivity contribution is 6.30. The molecule has 1 aromatic rings. The summed E-state index contributed by atoms with van der Waals surface area (Å²) in [5.74, 6) is 0.849. The molecule has 110 valence electrons. The van der Waals surface area contributed by atoms with E-state index in [2.05, 4.69) is 43.1 Å². The molecule has 0 spiro atoms. The Hall–Kier alpha value is -0.730. The molecule has 2 nitrogen and oxygen atoms in total. The van der Waals surface area contributed by atoms with Crippen LogP contribution in [0.15, 0.2) is 18.2 Å². The van der Waals surface area contributed by atoms with Crippen LogP contribution in [0.25, 0.3) is 0 Å². The average molecular weight is 293 g/mol. The second-order valence-corrected chi connectivity index (χ2v) is 7.13. The van der Waals surface area contributed by atoms with Crippen LogP contribution >= 0.6 is 11.6 Å². The van der Waals surface area contributed by atoms with Gasteiger partial charge in [0, 0.05) is 35.4 Å². The van der Waals surface area contributed by atoms with Gasteiger partial charge in [0.15, 0.2) is 0 Å². The number of aryl methyl sites for hydroxylation is 1. The Labute approximate surface area is 127 Å². The Morgan fingerprint density at radius 3 is 2.80 bits per heavy atom. The zero-order valence-corrected chi connectivity index (χ0v) is 13.5. The average Bonchev–Trinajstić information content (AvgIpc) is 3.26. The highest BCUT2D eigenvalue weighted by atomic mass is 35.5. The predicted molar refractivity (Wildman–Crippen MR) is 86.7 cm³/mol. The van der Waals surface area contributed by atoms with Crippen molar-refractivity contribution in [3.05, 3.63) is 28.8 Å². The van der Waals surface area contributed by atoms with Crippen LogP contribution in [0.2, 0.25) is 5.02 Å². The van der Waals surface area contributed by atoms with Gasteiger partial charge < -0.3 is 10.2 Å². The van der Waals surface area contributed by atoms with Gasteiger partial charge in [-0.3, -0.25) is 0 Å². The Kier molecular flexibility index (Phi) is 3.72. The van der Waals surface area contributed by atoms with Crippen LogP contribution in [0.3, 0.4) is 0 Å². The lowest BCUT2D eigenvalue weighted by Crippen LogP contribution is -2.64. The second-order valence-electron chi connectivity index (χ2n) is 6.69. The van der Waals surface area contributed by atoms with Crippen molar-refractivity contribution in [1.29, 1.82) is 0 Å². The smallest absolute Gasteiger partial charge is 0.0426 e. The molecular weight excluding hydrogens is 268 g/mol. The molecule has 0 aromatic heterocycles. The fraction of sp³-hybridized carbons (Fsp3) is 0.647. The Bertz CT molecular complexity index is 498. The molecule has 1 aromatic carbocycles. The zero-order chi connectivity index (χ0) is 14.3. The standard InChI is InChI=1S/C17H25ClN2/c1-4-15-10-19-17(3,13-6-7-13)11-20(15)16-9-14(18)8-5-12(16)2/h5,8-9,13,15,19H,4,6-7,10-11H2,1-3H3. The third kappa shape index (κ3) is 2.56. The molecule has 1 aliphatic heterocycles. The summed E-state index contributed by atoms with van der Waals surface area (Å²) in [5.41, 5.74) is 2.91. The molecule has 3 heteroatoms. The summed E-state index contributed by atoms with van der Waals surface area (Å²) in [6.07, 6.45) is 3.92. The molecule has 1 saturated heterocycles. The van der Waals surface area contributed by atoms with Crippen LogP contribution in [0, 0.1) is 12.8 Å². The number of anilines is 1. The van der Waals surface area contributed by atoms with E-state index in [0.29, 0.717) is 6.04 Å². The number of piperazine rings is 1. The van der Waals surface area contributed by atoms with Crippen molar-refractivity contribution in [3.8, 4) is 0 Å². The quantitative estimate of drug-likeness (QED) is 0.906. The minimum absolute atomic E-state index is 0.264. The minimum Gasteiger partial charge on any atom is -0.365 e. The molecular formula is C17H25ClN2. The Morgan fingerprint density at radius 1 is 1.40 bits per heavy atom. The maximum absolute atomic E-state index is 6.23. The lowest BCUT2D eigenvalue weighted by Gasteiger charge is -2.48. The van der Waals surface area contributed by atoms with Gasteiger partial charge in [0.1, 0.15) is 0 Å². The number of nitrogens with zero attached hydrogens (tertiary/aromatic N) is 1. The molecule has 1 aliphatic carbocycles. The van der Waals surface area contributed by atoms with Gasteiger partial charge in [-0.2, -0.15) is 0 Å². The van der Waals surface area contributed by atoms with Crippen LogP contribution in [0.4, 0.5) is 5.69 Å². The number of halogens is 1. The van der Waals surface area contributed by atoms with Gasteiger partial charge in [0.2, 0.25) is 0 Å². The largest absolute Gasteiger partial charge is 0.365 e. The molecule has 1 saturated carbocycles. The predicted octanol–water partition coefficient (Wildman–Crippen LogP) is 4.01. The van der Waals surface area contributed by atoms with Gasteiger partial charge in [0.05, 0.1) is 0 Å². The number of hydrogen-bond donors (Lipinski definition) is 1. The van der Waals surface area contributed by atoms with E-state index in [4.69, 9.17) is 11.6 Å². The summed E-state index contributed by atoms with van der Waals surface area (Å²) in [7, 11) is 0. The van der Waals surface area contributed by atoms with Crippen molar-refractivity contribution < 1.29 is 0 Å². The van der Waals surface area contributed by atoms with Crippen LogP contribution in [0.5, 0.6) is 0 Å². The maximum atomic E-state index is 6.23. The minimum atomic E-state index is 0.264. The molecule has 1 heterocycles. The van der Waals surface area contributed by atoms with E-state index in [9.17, 15) is 0 Å². The first-order chi connectivity index (χ1) is 9.53. The first-order valence-electron chi connectivity index (χ1n) is 7.81. The number of benzene rings is 1.